The second-order valence-electron chi connectivity index (χ2n) is 3.70. The molecule has 0 saturated carbocycles. The van der Waals surface area contributed by atoms with Gasteiger partial charge in [0.25, 0.3) is 0 Å². The molecule has 0 radical (unpaired) electrons. The van der Waals surface area contributed by atoms with E-state index in [2.05, 4.69) is 0 Å². The van der Waals surface area contributed by atoms with E-state index in [9.17, 15) is 9.50 Å². The third-order valence-corrected chi connectivity index (χ3v) is 2.14. The molecule has 1 N–H and O–H groups in total. The van der Waals surface area contributed by atoms with Crippen LogP contribution in [0.1, 0.15) is 19.4 Å². The van der Waals surface area contributed by atoms with Gasteiger partial charge < -0.3 is 14.6 Å². The Labute approximate surface area is 88.4 Å². The van der Waals surface area contributed by atoms with Gasteiger partial charge in [-0.2, -0.15) is 0 Å². The predicted octanol–water partition coefficient (Wildman–Crippen LogP) is 2.61. The Morgan fingerprint density at radius 3 is 2.07 bits per heavy atom. The molecule has 0 aliphatic carbocycles. The van der Waals surface area contributed by atoms with Crippen LogP contribution in [-0.4, -0.2) is 19.3 Å². The summed E-state index contributed by atoms with van der Waals surface area (Å²) in [6.07, 6.45) is 0. The largest absolute Gasteiger partial charge is 0.504 e. The van der Waals surface area contributed by atoms with Crippen LogP contribution >= 0.6 is 0 Å². The fourth-order valence-corrected chi connectivity index (χ4v) is 1.35. The lowest BCUT2D eigenvalue weighted by Gasteiger charge is -2.19. The van der Waals surface area contributed by atoms with Crippen LogP contribution in [-0.2, 0) is 5.67 Å². The minimum atomic E-state index is -1.57. The molecular weight excluding hydrogens is 199 g/mol. The average molecular weight is 214 g/mol. The van der Waals surface area contributed by atoms with Crippen molar-refractivity contribution in [2.75, 3.05) is 14.2 Å². The zero-order chi connectivity index (χ0) is 11.6. The standard InChI is InChI=1S/C11H15FO3/c1-11(2,12)7-5-8(13)10(15-4)6-9(7)14-3/h5-6,13H,1-4H3. The maximum absolute atomic E-state index is 13.8. The Morgan fingerprint density at radius 1 is 1.13 bits per heavy atom. The van der Waals surface area contributed by atoms with E-state index in [0.717, 1.165) is 0 Å². The van der Waals surface area contributed by atoms with Crippen molar-refractivity contribution in [2.24, 2.45) is 0 Å². The van der Waals surface area contributed by atoms with E-state index >= 15 is 0 Å². The molecule has 1 rings (SSSR count). The molecule has 1 aromatic carbocycles. The number of hydrogen-bond donors (Lipinski definition) is 1. The number of benzene rings is 1. The first-order valence-corrected chi connectivity index (χ1v) is 4.54. The first-order chi connectivity index (χ1) is 6.90. The van der Waals surface area contributed by atoms with Crippen molar-refractivity contribution < 1.29 is 19.0 Å². The Balaban J connectivity index is 3.34. The lowest BCUT2D eigenvalue weighted by atomic mass is 9.98. The number of hydrogen-bond acceptors (Lipinski definition) is 3. The quantitative estimate of drug-likeness (QED) is 0.840. The minimum absolute atomic E-state index is 0.0981. The molecule has 0 aromatic heterocycles. The summed E-state index contributed by atoms with van der Waals surface area (Å²) in [5.41, 5.74) is -1.28. The first-order valence-electron chi connectivity index (χ1n) is 4.54. The first kappa shape index (κ1) is 11.6. The van der Waals surface area contributed by atoms with Gasteiger partial charge in [0.1, 0.15) is 11.4 Å². The van der Waals surface area contributed by atoms with Crippen molar-refractivity contribution in [3.05, 3.63) is 17.7 Å². The van der Waals surface area contributed by atoms with E-state index in [1.807, 2.05) is 0 Å². The fraction of sp³-hybridized carbons (Fsp3) is 0.455. The molecule has 84 valence electrons. The number of methoxy groups -OCH3 is 2. The fourth-order valence-electron chi connectivity index (χ4n) is 1.35. The molecule has 0 atom stereocenters. The van der Waals surface area contributed by atoms with Crippen LogP contribution in [0.25, 0.3) is 0 Å². The van der Waals surface area contributed by atoms with Crippen LogP contribution < -0.4 is 9.47 Å². The van der Waals surface area contributed by atoms with Crippen LogP contribution in [0.3, 0.4) is 0 Å². The SMILES string of the molecule is COc1cc(OC)c(C(C)(C)F)cc1O. The van der Waals surface area contributed by atoms with Gasteiger partial charge in [-0.1, -0.05) is 0 Å². The van der Waals surface area contributed by atoms with Crippen LogP contribution in [0.2, 0.25) is 0 Å². The highest BCUT2D eigenvalue weighted by molar-refractivity contribution is 5.51. The summed E-state index contributed by atoms with van der Waals surface area (Å²) in [4.78, 5) is 0. The van der Waals surface area contributed by atoms with Crippen LogP contribution in [0, 0.1) is 0 Å². The number of phenols is 1. The Kier molecular flexibility index (Phi) is 3.07. The zero-order valence-corrected chi connectivity index (χ0v) is 9.30. The van der Waals surface area contributed by atoms with Gasteiger partial charge in [0.15, 0.2) is 11.5 Å². The Morgan fingerprint density at radius 2 is 1.67 bits per heavy atom. The highest BCUT2D eigenvalue weighted by Gasteiger charge is 2.25. The zero-order valence-electron chi connectivity index (χ0n) is 9.30. The highest BCUT2D eigenvalue weighted by atomic mass is 19.1. The number of ether oxygens (including phenoxy) is 2. The lowest BCUT2D eigenvalue weighted by Crippen LogP contribution is -2.11. The lowest BCUT2D eigenvalue weighted by molar-refractivity contribution is 0.212. The molecule has 0 heterocycles. The van der Waals surface area contributed by atoms with Gasteiger partial charge in [-0.15, -0.1) is 0 Å². The Hall–Kier alpha value is -1.45. The molecule has 0 fully saturated rings. The van der Waals surface area contributed by atoms with Crippen LogP contribution in [0.5, 0.6) is 17.2 Å². The van der Waals surface area contributed by atoms with Crippen molar-refractivity contribution in [2.45, 2.75) is 19.5 Å². The smallest absolute Gasteiger partial charge is 0.164 e. The van der Waals surface area contributed by atoms with E-state index in [4.69, 9.17) is 9.47 Å². The van der Waals surface area contributed by atoms with Crippen LogP contribution in [0.4, 0.5) is 4.39 Å². The normalized spacial score (nSPS) is 11.3. The van der Waals surface area contributed by atoms with Crippen molar-refractivity contribution in [1.29, 1.82) is 0 Å². The highest BCUT2D eigenvalue weighted by Crippen LogP contribution is 2.40. The van der Waals surface area contributed by atoms with Gasteiger partial charge in [-0.3, -0.25) is 0 Å². The number of alkyl halides is 1. The molecule has 0 amide bonds. The summed E-state index contributed by atoms with van der Waals surface area (Å²) in [7, 11) is 2.87. The maximum atomic E-state index is 13.8. The predicted molar refractivity (Wildman–Crippen MR) is 55.3 cm³/mol. The third-order valence-electron chi connectivity index (χ3n) is 2.14. The summed E-state index contributed by atoms with van der Waals surface area (Å²) in [6, 6.07) is 2.78. The molecule has 0 aliphatic heterocycles. The third kappa shape index (κ3) is 2.32. The topological polar surface area (TPSA) is 38.7 Å². The van der Waals surface area contributed by atoms with Crippen molar-refractivity contribution in [1.82, 2.24) is 0 Å². The molecular formula is C11H15FO3. The van der Waals surface area contributed by atoms with Gasteiger partial charge in [0.2, 0.25) is 0 Å². The Bertz CT molecular complexity index is 356. The molecule has 0 aliphatic rings. The number of rotatable bonds is 3. The minimum Gasteiger partial charge on any atom is -0.504 e. The van der Waals surface area contributed by atoms with E-state index in [1.54, 1.807) is 0 Å². The number of halogens is 1. The molecule has 1 aromatic rings. The van der Waals surface area contributed by atoms with Gasteiger partial charge in [-0.05, 0) is 19.9 Å². The number of phenolic OH excluding ortho intramolecular Hbond substituents is 1. The van der Waals surface area contributed by atoms with E-state index in [1.165, 1.54) is 40.2 Å². The van der Waals surface area contributed by atoms with E-state index < -0.39 is 5.67 Å². The average Bonchev–Trinajstić information content (AvgIpc) is 2.16. The van der Waals surface area contributed by atoms with Crippen molar-refractivity contribution in [3.8, 4) is 17.2 Å². The summed E-state index contributed by atoms with van der Waals surface area (Å²) >= 11 is 0. The van der Waals surface area contributed by atoms with Gasteiger partial charge >= 0.3 is 0 Å². The summed E-state index contributed by atoms with van der Waals surface area (Å²) in [6.45, 7) is 2.80. The van der Waals surface area contributed by atoms with E-state index in [0.29, 0.717) is 11.3 Å². The van der Waals surface area contributed by atoms with Crippen molar-refractivity contribution in [3.63, 3.8) is 0 Å². The maximum Gasteiger partial charge on any atom is 0.164 e. The van der Waals surface area contributed by atoms with Gasteiger partial charge in [0.05, 0.1) is 14.2 Å². The second kappa shape index (κ2) is 3.96. The van der Waals surface area contributed by atoms with E-state index in [-0.39, 0.29) is 11.5 Å². The monoisotopic (exact) mass is 214 g/mol. The van der Waals surface area contributed by atoms with Crippen molar-refractivity contribution >= 4 is 0 Å². The molecule has 0 bridgehead atoms. The van der Waals surface area contributed by atoms with Gasteiger partial charge in [0, 0.05) is 11.6 Å². The summed E-state index contributed by atoms with van der Waals surface area (Å²) in [5.74, 6) is 0.524. The molecule has 0 spiro atoms. The molecule has 4 heteroatoms. The summed E-state index contributed by atoms with van der Waals surface area (Å²) in [5, 5.41) is 9.53. The van der Waals surface area contributed by atoms with Crippen LogP contribution in [0.15, 0.2) is 12.1 Å². The molecule has 15 heavy (non-hydrogen) atoms. The number of aromatic hydroxyl groups is 1. The molecule has 0 unspecified atom stereocenters. The second-order valence-corrected chi connectivity index (χ2v) is 3.70. The molecule has 0 saturated heterocycles. The molecule has 3 nitrogen and oxygen atoms in total. The summed E-state index contributed by atoms with van der Waals surface area (Å²) < 4.78 is 23.7. The van der Waals surface area contributed by atoms with Gasteiger partial charge in [-0.25, -0.2) is 4.39 Å².